The molecule has 0 aliphatic carbocycles. The molecule has 0 unspecified atom stereocenters. The lowest BCUT2D eigenvalue weighted by atomic mass is 10.1. The van der Waals surface area contributed by atoms with Crippen molar-refractivity contribution in [1.82, 2.24) is 9.78 Å². The normalized spacial score (nSPS) is 10.7. The molecule has 2 aromatic rings. The molecular weight excluding hydrogens is 246 g/mol. The third kappa shape index (κ3) is 1.29. The minimum Gasteiger partial charge on any atom is -0.366 e. The van der Waals surface area contributed by atoms with Gasteiger partial charge in [0.25, 0.3) is 0 Å². The Bertz CT molecular complexity index is 518. The van der Waals surface area contributed by atoms with Crippen LogP contribution in [0.15, 0.2) is 22.8 Å². The minimum atomic E-state index is -0.440. The second-order valence-corrected chi connectivity index (χ2v) is 3.93. The maximum Gasteiger partial charge on any atom is 0.249 e. The number of hydrogen-bond acceptors (Lipinski definition) is 2. The number of nitrogens with zero attached hydrogens (tertiary/aromatic N) is 2. The highest BCUT2D eigenvalue weighted by Crippen LogP contribution is 2.23. The van der Waals surface area contributed by atoms with E-state index >= 15 is 0 Å². The van der Waals surface area contributed by atoms with Gasteiger partial charge in [0.2, 0.25) is 5.91 Å². The van der Waals surface area contributed by atoms with Crippen LogP contribution in [0.1, 0.15) is 10.4 Å². The highest BCUT2D eigenvalue weighted by molar-refractivity contribution is 9.10. The summed E-state index contributed by atoms with van der Waals surface area (Å²) in [6.07, 6.45) is 1.64. The molecule has 0 saturated heterocycles. The molecule has 14 heavy (non-hydrogen) atoms. The van der Waals surface area contributed by atoms with E-state index in [-0.39, 0.29) is 0 Å². The first-order valence-corrected chi connectivity index (χ1v) is 4.80. The predicted molar refractivity (Wildman–Crippen MR) is 56.9 cm³/mol. The molecule has 1 aromatic heterocycles. The number of primary amides is 1. The zero-order chi connectivity index (χ0) is 10.3. The summed E-state index contributed by atoms with van der Waals surface area (Å²) in [7, 11) is 1.82. The van der Waals surface area contributed by atoms with Crippen LogP contribution in [-0.2, 0) is 7.05 Å². The van der Waals surface area contributed by atoms with Crippen LogP contribution in [-0.4, -0.2) is 15.7 Å². The van der Waals surface area contributed by atoms with Gasteiger partial charge in [-0.1, -0.05) is 15.9 Å². The Morgan fingerprint density at radius 3 is 2.93 bits per heavy atom. The standard InChI is InChI=1S/C9H8BrN3O/c1-13-8-3-5(10)2-6(9(11)14)7(8)4-12-13/h2-4H,1H3,(H2,11,14). The maximum atomic E-state index is 11.1. The molecule has 0 spiro atoms. The summed E-state index contributed by atoms with van der Waals surface area (Å²) in [5.41, 5.74) is 6.63. The lowest BCUT2D eigenvalue weighted by molar-refractivity contribution is 0.100. The van der Waals surface area contributed by atoms with Crippen molar-refractivity contribution in [1.29, 1.82) is 0 Å². The van der Waals surface area contributed by atoms with Gasteiger partial charge in [-0.05, 0) is 12.1 Å². The Morgan fingerprint density at radius 1 is 1.57 bits per heavy atom. The van der Waals surface area contributed by atoms with E-state index in [1.165, 1.54) is 0 Å². The number of benzene rings is 1. The zero-order valence-corrected chi connectivity index (χ0v) is 9.08. The van der Waals surface area contributed by atoms with Gasteiger partial charge in [-0.15, -0.1) is 0 Å². The lowest BCUT2D eigenvalue weighted by Crippen LogP contribution is -2.11. The highest BCUT2D eigenvalue weighted by Gasteiger charge is 2.10. The first kappa shape index (κ1) is 9.21. The van der Waals surface area contributed by atoms with E-state index in [4.69, 9.17) is 5.73 Å². The van der Waals surface area contributed by atoms with Gasteiger partial charge < -0.3 is 5.73 Å². The molecule has 5 heteroatoms. The van der Waals surface area contributed by atoms with Gasteiger partial charge in [-0.2, -0.15) is 5.10 Å². The molecule has 0 radical (unpaired) electrons. The highest BCUT2D eigenvalue weighted by atomic mass is 79.9. The molecule has 1 heterocycles. The maximum absolute atomic E-state index is 11.1. The number of amides is 1. The number of carbonyl (C=O) groups is 1. The Morgan fingerprint density at radius 2 is 2.29 bits per heavy atom. The SMILES string of the molecule is Cn1ncc2c(C(N)=O)cc(Br)cc21. The molecule has 0 bridgehead atoms. The number of aromatic nitrogens is 2. The Labute approximate surface area is 88.8 Å². The summed E-state index contributed by atoms with van der Waals surface area (Å²) in [5, 5.41) is 4.85. The van der Waals surface area contributed by atoms with Crippen molar-refractivity contribution < 1.29 is 4.79 Å². The van der Waals surface area contributed by atoms with Gasteiger partial charge in [0, 0.05) is 16.9 Å². The summed E-state index contributed by atoms with van der Waals surface area (Å²) in [4.78, 5) is 11.1. The van der Waals surface area contributed by atoms with Gasteiger partial charge >= 0.3 is 0 Å². The average Bonchev–Trinajstić information content (AvgIpc) is 2.47. The van der Waals surface area contributed by atoms with Crippen LogP contribution in [0.3, 0.4) is 0 Å². The Kier molecular flexibility index (Phi) is 2.03. The molecule has 2 N–H and O–H groups in total. The molecule has 4 nitrogen and oxygen atoms in total. The molecular formula is C9H8BrN3O. The van der Waals surface area contributed by atoms with Crippen LogP contribution in [0.2, 0.25) is 0 Å². The molecule has 1 aromatic carbocycles. The Balaban J connectivity index is 2.88. The van der Waals surface area contributed by atoms with Crippen molar-refractivity contribution in [3.05, 3.63) is 28.4 Å². The third-order valence-corrected chi connectivity index (χ3v) is 2.55. The fraction of sp³-hybridized carbons (Fsp3) is 0.111. The van der Waals surface area contributed by atoms with E-state index in [0.717, 1.165) is 15.4 Å². The quantitative estimate of drug-likeness (QED) is 0.836. The molecule has 72 valence electrons. The van der Waals surface area contributed by atoms with Crippen molar-refractivity contribution in [2.24, 2.45) is 12.8 Å². The van der Waals surface area contributed by atoms with Gasteiger partial charge in [-0.3, -0.25) is 9.48 Å². The number of fused-ring (bicyclic) bond motifs is 1. The average molecular weight is 254 g/mol. The molecule has 1 amide bonds. The van der Waals surface area contributed by atoms with Crippen LogP contribution in [0.4, 0.5) is 0 Å². The Hall–Kier alpha value is -1.36. The second-order valence-electron chi connectivity index (χ2n) is 3.02. The minimum absolute atomic E-state index is 0.440. The summed E-state index contributed by atoms with van der Waals surface area (Å²) in [6.45, 7) is 0. The smallest absolute Gasteiger partial charge is 0.249 e. The van der Waals surface area contributed by atoms with Crippen molar-refractivity contribution in [2.75, 3.05) is 0 Å². The van der Waals surface area contributed by atoms with Crippen LogP contribution in [0.25, 0.3) is 10.9 Å². The number of halogens is 1. The zero-order valence-electron chi connectivity index (χ0n) is 7.49. The van der Waals surface area contributed by atoms with Crippen molar-refractivity contribution in [3.8, 4) is 0 Å². The predicted octanol–water partition coefficient (Wildman–Crippen LogP) is 1.43. The first-order chi connectivity index (χ1) is 6.59. The van der Waals surface area contributed by atoms with Crippen LogP contribution in [0, 0.1) is 0 Å². The van der Waals surface area contributed by atoms with Crippen molar-refractivity contribution >= 4 is 32.7 Å². The van der Waals surface area contributed by atoms with Crippen LogP contribution >= 0.6 is 15.9 Å². The van der Waals surface area contributed by atoms with E-state index < -0.39 is 5.91 Å². The van der Waals surface area contributed by atoms with Crippen molar-refractivity contribution in [2.45, 2.75) is 0 Å². The summed E-state index contributed by atoms with van der Waals surface area (Å²) < 4.78 is 2.52. The number of hydrogen-bond donors (Lipinski definition) is 1. The van der Waals surface area contributed by atoms with E-state index in [0.29, 0.717) is 5.56 Å². The number of carbonyl (C=O) groups excluding carboxylic acids is 1. The van der Waals surface area contributed by atoms with Crippen LogP contribution < -0.4 is 5.73 Å². The van der Waals surface area contributed by atoms with E-state index in [2.05, 4.69) is 21.0 Å². The number of rotatable bonds is 1. The fourth-order valence-electron chi connectivity index (χ4n) is 1.42. The van der Waals surface area contributed by atoms with E-state index in [1.54, 1.807) is 16.9 Å². The largest absolute Gasteiger partial charge is 0.366 e. The monoisotopic (exact) mass is 253 g/mol. The van der Waals surface area contributed by atoms with Gasteiger partial charge in [0.05, 0.1) is 17.3 Å². The summed E-state index contributed by atoms with van der Waals surface area (Å²) in [6, 6.07) is 3.60. The molecule has 2 rings (SSSR count). The van der Waals surface area contributed by atoms with E-state index in [1.807, 2.05) is 13.1 Å². The van der Waals surface area contributed by atoms with Gasteiger partial charge in [0.1, 0.15) is 0 Å². The topological polar surface area (TPSA) is 60.9 Å². The molecule has 0 saturated carbocycles. The number of nitrogens with two attached hydrogens (primary N) is 1. The van der Waals surface area contributed by atoms with E-state index in [9.17, 15) is 4.79 Å². The second kappa shape index (κ2) is 3.09. The fourth-order valence-corrected chi connectivity index (χ4v) is 1.86. The molecule has 0 aliphatic rings. The summed E-state index contributed by atoms with van der Waals surface area (Å²) in [5.74, 6) is -0.440. The third-order valence-electron chi connectivity index (χ3n) is 2.10. The lowest BCUT2D eigenvalue weighted by Gasteiger charge is -2.00. The van der Waals surface area contributed by atoms with Gasteiger partial charge in [0.15, 0.2) is 0 Å². The first-order valence-electron chi connectivity index (χ1n) is 4.00. The molecule has 0 fully saturated rings. The number of aryl methyl sites for hydroxylation is 1. The summed E-state index contributed by atoms with van der Waals surface area (Å²) >= 11 is 3.32. The van der Waals surface area contributed by atoms with Crippen LogP contribution in [0.5, 0.6) is 0 Å². The van der Waals surface area contributed by atoms with Crippen molar-refractivity contribution in [3.63, 3.8) is 0 Å². The molecule has 0 atom stereocenters. The van der Waals surface area contributed by atoms with Gasteiger partial charge in [-0.25, -0.2) is 0 Å². The molecule has 0 aliphatic heterocycles.